The van der Waals surface area contributed by atoms with E-state index >= 15 is 0 Å². The summed E-state index contributed by atoms with van der Waals surface area (Å²) in [6, 6.07) is 18.6. The summed E-state index contributed by atoms with van der Waals surface area (Å²) in [5.41, 5.74) is 1.82. The number of likely N-dealkylation sites (tertiary alicyclic amines) is 1. The van der Waals surface area contributed by atoms with Crippen molar-refractivity contribution in [3.8, 4) is 23.0 Å². The third kappa shape index (κ3) is 4.93. The van der Waals surface area contributed by atoms with Gasteiger partial charge in [-0.3, -0.25) is 4.90 Å². The Morgan fingerprint density at radius 1 is 1.06 bits per heavy atom. The maximum absolute atomic E-state index is 14.7. The summed E-state index contributed by atoms with van der Waals surface area (Å²) >= 11 is 1.31. The summed E-state index contributed by atoms with van der Waals surface area (Å²) in [4.78, 5) is 2.78. The van der Waals surface area contributed by atoms with Gasteiger partial charge < -0.3 is 19.7 Å². The molecule has 2 aliphatic heterocycles. The summed E-state index contributed by atoms with van der Waals surface area (Å²) in [6.07, 6.45) is 2.10. The SMILES string of the molecule is C[C@@H]1CCCN1[C@@H](C)COc1ccc([C@@H]2Oc3ccc(O)c(F)c3S[C@@H]2c2ccc(O)cc2)cc1. The second-order valence-corrected chi connectivity index (χ2v) is 10.5. The molecule has 2 aliphatic rings. The Labute approximate surface area is 209 Å². The van der Waals surface area contributed by atoms with Gasteiger partial charge in [0.25, 0.3) is 0 Å². The zero-order valence-electron chi connectivity index (χ0n) is 19.9. The van der Waals surface area contributed by atoms with Crippen molar-refractivity contribution in [2.24, 2.45) is 0 Å². The first-order chi connectivity index (χ1) is 16.9. The lowest BCUT2D eigenvalue weighted by atomic mass is 10.00. The summed E-state index contributed by atoms with van der Waals surface area (Å²) < 4.78 is 27.1. The van der Waals surface area contributed by atoms with Crippen LogP contribution in [0.3, 0.4) is 0 Å². The van der Waals surface area contributed by atoms with Crippen molar-refractivity contribution < 1.29 is 24.1 Å². The highest BCUT2D eigenvalue weighted by molar-refractivity contribution is 7.99. The van der Waals surface area contributed by atoms with E-state index in [-0.39, 0.29) is 22.0 Å². The fourth-order valence-corrected chi connectivity index (χ4v) is 6.27. The molecule has 7 heteroatoms. The van der Waals surface area contributed by atoms with E-state index in [4.69, 9.17) is 9.47 Å². The van der Waals surface area contributed by atoms with Crippen molar-refractivity contribution in [3.63, 3.8) is 0 Å². The first-order valence-corrected chi connectivity index (χ1v) is 12.9. The molecule has 0 amide bonds. The number of nitrogens with zero attached hydrogens (tertiary/aromatic N) is 1. The van der Waals surface area contributed by atoms with Crippen molar-refractivity contribution in [1.29, 1.82) is 0 Å². The highest BCUT2D eigenvalue weighted by atomic mass is 32.2. The van der Waals surface area contributed by atoms with Crippen LogP contribution in [0.15, 0.2) is 65.6 Å². The molecule has 35 heavy (non-hydrogen) atoms. The molecule has 1 saturated heterocycles. The molecule has 0 aromatic heterocycles. The summed E-state index contributed by atoms with van der Waals surface area (Å²) in [5.74, 6) is 0.282. The maximum atomic E-state index is 14.7. The minimum Gasteiger partial charge on any atom is -0.508 e. The fraction of sp³-hybridized carbons (Fsp3) is 0.357. The highest BCUT2D eigenvalue weighted by Crippen LogP contribution is 2.55. The lowest BCUT2D eigenvalue weighted by Crippen LogP contribution is -2.39. The predicted octanol–water partition coefficient (Wildman–Crippen LogP) is 6.46. The van der Waals surface area contributed by atoms with Crippen molar-refractivity contribution in [2.45, 2.75) is 55.0 Å². The lowest BCUT2D eigenvalue weighted by molar-refractivity contribution is 0.141. The van der Waals surface area contributed by atoms with E-state index in [1.54, 1.807) is 18.2 Å². The van der Waals surface area contributed by atoms with Crippen LogP contribution in [0.4, 0.5) is 4.39 Å². The van der Waals surface area contributed by atoms with Gasteiger partial charge in [0.2, 0.25) is 0 Å². The largest absolute Gasteiger partial charge is 0.508 e. The number of ether oxygens (including phenoxy) is 2. The lowest BCUT2D eigenvalue weighted by Gasteiger charge is -2.34. The zero-order chi connectivity index (χ0) is 24.5. The third-order valence-electron chi connectivity index (χ3n) is 6.91. The van der Waals surface area contributed by atoms with Gasteiger partial charge in [0.1, 0.15) is 30.0 Å². The molecule has 3 aromatic rings. The van der Waals surface area contributed by atoms with E-state index in [2.05, 4.69) is 18.7 Å². The molecule has 3 aromatic carbocycles. The topological polar surface area (TPSA) is 62.2 Å². The van der Waals surface area contributed by atoms with Crippen LogP contribution in [0.25, 0.3) is 0 Å². The first-order valence-electron chi connectivity index (χ1n) is 12.0. The van der Waals surface area contributed by atoms with Gasteiger partial charge in [-0.15, -0.1) is 11.8 Å². The van der Waals surface area contributed by atoms with Crippen LogP contribution in [0, 0.1) is 5.82 Å². The number of rotatable bonds is 6. The fourth-order valence-electron chi connectivity index (χ4n) is 4.94. The molecule has 0 radical (unpaired) electrons. The summed E-state index contributed by atoms with van der Waals surface area (Å²) in [7, 11) is 0. The Morgan fingerprint density at radius 3 is 2.46 bits per heavy atom. The van der Waals surface area contributed by atoms with Crippen molar-refractivity contribution in [2.75, 3.05) is 13.2 Å². The minimum atomic E-state index is -0.681. The van der Waals surface area contributed by atoms with E-state index in [1.165, 1.54) is 30.7 Å². The average Bonchev–Trinajstić information content (AvgIpc) is 3.31. The Kier molecular flexibility index (Phi) is 6.80. The van der Waals surface area contributed by atoms with Gasteiger partial charge in [-0.25, -0.2) is 4.39 Å². The molecule has 0 bridgehead atoms. The van der Waals surface area contributed by atoms with E-state index < -0.39 is 11.6 Å². The average molecular weight is 496 g/mol. The minimum absolute atomic E-state index is 0.162. The molecule has 2 N–H and O–H groups in total. The number of aromatic hydroxyl groups is 2. The molecule has 4 atom stereocenters. The molecule has 0 unspecified atom stereocenters. The normalized spacial score (nSPS) is 22.9. The van der Waals surface area contributed by atoms with Crippen molar-refractivity contribution in [1.82, 2.24) is 4.90 Å². The second-order valence-electron chi connectivity index (χ2n) is 9.35. The Balaban J connectivity index is 1.37. The molecule has 5 nitrogen and oxygen atoms in total. The number of hydrogen-bond acceptors (Lipinski definition) is 6. The van der Waals surface area contributed by atoms with Gasteiger partial charge in [-0.2, -0.15) is 0 Å². The Hall–Kier alpha value is -2.90. The van der Waals surface area contributed by atoms with Gasteiger partial charge in [0.15, 0.2) is 11.6 Å². The van der Waals surface area contributed by atoms with Gasteiger partial charge in [0.05, 0.1) is 10.1 Å². The number of benzene rings is 3. The number of halogens is 1. The quantitative estimate of drug-likeness (QED) is 0.410. The third-order valence-corrected chi connectivity index (χ3v) is 8.30. The molecular formula is C28H30FNO4S. The standard InChI is InChI=1S/C28H30FNO4S/c1-17-4-3-15-30(17)18(2)16-33-22-11-7-19(8-12-22)26-27(20-5-9-21(31)10-6-20)35-28-24(34-26)14-13-23(32)25(28)29/h5-14,17-18,26-27,31-32H,3-4,15-16H2,1-2H3/t17-,18+,26+,27-/m1/s1. The Bertz CT molecular complexity index is 1170. The maximum Gasteiger partial charge on any atom is 0.182 e. The smallest absolute Gasteiger partial charge is 0.182 e. The molecule has 5 rings (SSSR count). The predicted molar refractivity (Wildman–Crippen MR) is 135 cm³/mol. The van der Waals surface area contributed by atoms with Gasteiger partial charge in [-0.1, -0.05) is 24.3 Å². The number of hydrogen-bond donors (Lipinski definition) is 2. The van der Waals surface area contributed by atoms with Crippen LogP contribution in [0.2, 0.25) is 0 Å². The monoisotopic (exact) mass is 495 g/mol. The molecule has 2 heterocycles. The van der Waals surface area contributed by atoms with Crippen LogP contribution < -0.4 is 9.47 Å². The molecule has 0 spiro atoms. The van der Waals surface area contributed by atoms with Crippen LogP contribution >= 0.6 is 11.8 Å². The van der Waals surface area contributed by atoms with Crippen LogP contribution in [-0.2, 0) is 0 Å². The number of phenols is 2. The molecule has 184 valence electrons. The van der Waals surface area contributed by atoms with Gasteiger partial charge >= 0.3 is 0 Å². The number of phenolic OH excluding ortho intramolecular Hbond substituents is 2. The van der Waals surface area contributed by atoms with E-state index in [0.29, 0.717) is 24.4 Å². The van der Waals surface area contributed by atoms with Crippen molar-refractivity contribution >= 4 is 11.8 Å². The molecule has 1 fully saturated rings. The van der Waals surface area contributed by atoms with E-state index in [0.717, 1.165) is 23.4 Å². The summed E-state index contributed by atoms with van der Waals surface area (Å²) in [5, 5.41) is 19.3. The van der Waals surface area contributed by atoms with Crippen LogP contribution in [0.5, 0.6) is 23.0 Å². The number of thioether (sulfide) groups is 1. The summed E-state index contributed by atoms with van der Waals surface area (Å²) in [6.45, 7) is 6.24. The van der Waals surface area contributed by atoms with Gasteiger partial charge in [0, 0.05) is 12.1 Å². The highest BCUT2D eigenvalue weighted by Gasteiger charge is 2.35. The first kappa shape index (κ1) is 23.8. The molecule has 0 aliphatic carbocycles. The van der Waals surface area contributed by atoms with Crippen LogP contribution in [-0.4, -0.2) is 40.3 Å². The zero-order valence-corrected chi connectivity index (χ0v) is 20.7. The van der Waals surface area contributed by atoms with Gasteiger partial charge in [-0.05, 0) is 80.8 Å². The number of fused-ring (bicyclic) bond motifs is 1. The Morgan fingerprint density at radius 2 is 1.77 bits per heavy atom. The molecular weight excluding hydrogens is 465 g/mol. The van der Waals surface area contributed by atoms with E-state index in [1.807, 2.05) is 36.4 Å². The van der Waals surface area contributed by atoms with Crippen LogP contribution in [0.1, 0.15) is 49.2 Å². The van der Waals surface area contributed by atoms with Crippen molar-refractivity contribution in [3.05, 3.63) is 77.6 Å². The van der Waals surface area contributed by atoms with E-state index in [9.17, 15) is 14.6 Å². The molecule has 0 saturated carbocycles. The second kappa shape index (κ2) is 9.99.